The van der Waals surface area contributed by atoms with E-state index in [-0.39, 0.29) is 35.5 Å². The number of carbonyl (C=O) groups is 4. The van der Waals surface area contributed by atoms with Gasteiger partial charge in [0, 0.05) is 70.5 Å². The van der Waals surface area contributed by atoms with Crippen LogP contribution in [0.25, 0.3) is 0 Å². The van der Waals surface area contributed by atoms with Crippen molar-refractivity contribution in [3.05, 3.63) is 0 Å². The zero-order valence-electron chi connectivity index (χ0n) is 17.8. The van der Waals surface area contributed by atoms with Gasteiger partial charge in [0.15, 0.2) is 0 Å². The molecule has 3 fully saturated rings. The fourth-order valence-electron chi connectivity index (χ4n) is 4.43. The van der Waals surface area contributed by atoms with Gasteiger partial charge >= 0.3 is 0 Å². The number of amides is 4. The minimum absolute atomic E-state index is 0.0158. The summed E-state index contributed by atoms with van der Waals surface area (Å²) in [5, 5.41) is 0. The molecule has 0 aromatic heterocycles. The van der Waals surface area contributed by atoms with Crippen molar-refractivity contribution >= 4 is 23.6 Å². The smallest absolute Gasteiger partial charge is 0.232 e. The maximum absolute atomic E-state index is 12.0. The molecule has 3 heterocycles. The quantitative estimate of drug-likeness (QED) is 0.411. The Labute approximate surface area is 173 Å². The Kier molecular flexibility index (Phi) is 7.40. The lowest BCUT2D eigenvalue weighted by Crippen LogP contribution is -2.49. The summed E-state index contributed by atoms with van der Waals surface area (Å²) in [6.45, 7) is 10.4. The predicted molar refractivity (Wildman–Crippen MR) is 108 cm³/mol. The third kappa shape index (κ3) is 5.42. The maximum Gasteiger partial charge on any atom is 0.232 e. The highest BCUT2D eigenvalue weighted by Gasteiger charge is 2.36. The number of imide groups is 2. The van der Waals surface area contributed by atoms with Gasteiger partial charge in [-0.15, -0.1) is 0 Å². The fraction of sp³-hybridized carbons (Fsp3) is 0.810. The van der Waals surface area contributed by atoms with Crippen LogP contribution in [-0.2, 0) is 19.2 Å². The Hall–Kier alpha value is -1.80. The van der Waals surface area contributed by atoms with Gasteiger partial charge in [0.25, 0.3) is 0 Å². The minimum atomic E-state index is -0.163. The van der Waals surface area contributed by atoms with Crippen molar-refractivity contribution in [2.45, 2.75) is 46.0 Å². The topological polar surface area (TPSA) is 81.2 Å². The average Bonchev–Trinajstić information content (AvgIpc) is 3.08. The number of hydrogen-bond donors (Lipinski definition) is 0. The first-order valence-electron chi connectivity index (χ1n) is 11.0. The second kappa shape index (κ2) is 9.80. The monoisotopic (exact) mass is 406 g/mol. The predicted octanol–water partition coefficient (Wildman–Crippen LogP) is 0.564. The van der Waals surface area contributed by atoms with E-state index < -0.39 is 0 Å². The van der Waals surface area contributed by atoms with E-state index in [1.807, 2.05) is 13.8 Å². The van der Waals surface area contributed by atoms with E-state index >= 15 is 0 Å². The van der Waals surface area contributed by atoms with Crippen LogP contribution >= 0.6 is 0 Å². The number of rotatable bonds is 9. The third-order valence-electron chi connectivity index (χ3n) is 6.40. The zero-order valence-corrected chi connectivity index (χ0v) is 17.8. The van der Waals surface area contributed by atoms with Gasteiger partial charge in [-0.3, -0.25) is 33.9 Å². The molecule has 8 heteroatoms. The van der Waals surface area contributed by atoms with Gasteiger partial charge in [0.2, 0.25) is 23.6 Å². The summed E-state index contributed by atoms with van der Waals surface area (Å²) in [4.78, 5) is 55.2. The molecule has 2 atom stereocenters. The summed E-state index contributed by atoms with van der Waals surface area (Å²) in [7, 11) is 0. The first kappa shape index (κ1) is 21.9. The highest BCUT2D eigenvalue weighted by atomic mass is 16.2. The first-order valence-corrected chi connectivity index (χ1v) is 11.0. The van der Waals surface area contributed by atoms with Crippen LogP contribution in [0.2, 0.25) is 0 Å². The molecular formula is C21H34N4O4. The highest BCUT2D eigenvalue weighted by Crippen LogP contribution is 2.20. The van der Waals surface area contributed by atoms with Gasteiger partial charge in [-0.05, 0) is 19.4 Å². The van der Waals surface area contributed by atoms with E-state index in [1.165, 1.54) is 9.80 Å². The number of likely N-dealkylation sites (tertiary alicyclic amines) is 2. The lowest BCUT2D eigenvalue weighted by atomic mass is 10.1. The number of carbonyl (C=O) groups excluding carboxylic acids is 4. The van der Waals surface area contributed by atoms with Crippen molar-refractivity contribution in [1.82, 2.24) is 19.6 Å². The van der Waals surface area contributed by atoms with E-state index in [2.05, 4.69) is 9.80 Å². The molecule has 162 valence electrons. The summed E-state index contributed by atoms with van der Waals surface area (Å²) in [6.07, 6.45) is 3.68. The number of hydrogen-bond acceptors (Lipinski definition) is 6. The van der Waals surface area contributed by atoms with Gasteiger partial charge in [-0.2, -0.15) is 0 Å². The minimum Gasteiger partial charge on any atom is -0.301 e. The van der Waals surface area contributed by atoms with Gasteiger partial charge in [-0.1, -0.05) is 20.3 Å². The molecule has 2 unspecified atom stereocenters. The highest BCUT2D eigenvalue weighted by molar-refractivity contribution is 6.03. The molecule has 0 N–H and O–H groups in total. The Balaban J connectivity index is 1.25. The maximum atomic E-state index is 12.0. The lowest BCUT2D eigenvalue weighted by molar-refractivity contribution is -0.141. The largest absolute Gasteiger partial charge is 0.301 e. The normalized spacial score (nSPS) is 27.0. The Morgan fingerprint density at radius 2 is 1.07 bits per heavy atom. The van der Waals surface area contributed by atoms with Crippen molar-refractivity contribution in [3.63, 3.8) is 0 Å². The molecule has 4 amide bonds. The second-order valence-corrected chi connectivity index (χ2v) is 8.72. The molecule has 0 aromatic rings. The molecule has 0 aliphatic carbocycles. The van der Waals surface area contributed by atoms with Crippen LogP contribution in [0.3, 0.4) is 0 Å². The SMILES string of the molecule is CC1CC(=O)N(CCCCCN2CCN(CCN3C(=O)CC(C)C3=O)CC2)C1=O. The van der Waals surface area contributed by atoms with Crippen LogP contribution in [0.5, 0.6) is 0 Å². The molecule has 0 bridgehead atoms. The number of unbranched alkanes of at least 4 members (excludes halogenated alkanes) is 2. The number of piperazine rings is 1. The molecule has 3 saturated heterocycles. The van der Waals surface area contributed by atoms with Crippen LogP contribution in [0.1, 0.15) is 46.0 Å². The van der Waals surface area contributed by atoms with Crippen LogP contribution < -0.4 is 0 Å². The third-order valence-corrected chi connectivity index (χ3v) is 6.40. The molecule has 0 radical (unpaired) electrons. The van der Waals surface area contributed by atoms with Crippen molar-refractivity contribution < 1.29 is 19.2 Å². The molecule has 8 nitrogen and oxygen atoms in total. The standard InChI is InChI=1S/C21H34N4O4/c1-16-14-18(26)24(20(16)28)7-5-3-4-6-22-8-10-23(11-9-22)12-13-25-19(27)15-17(2)21(25)29/h16-17H,3-15H2,1-2H3. The molecule has 0 spiro atoms. The average molecular weight is 407 g/mol. The number of nitrogens with zero attached hydrogens (tertiary/aromatic N) is 4. The summed E-state index contributed by atoms with van der Waals surface area (Å²) >= 11 is 0. The van der Waals surface area contributed by atoms with Gasteiger partial charge in [-0.25, -0.2) is 0 Å². The van der Waals surface area contributed by atoms with E-state index in [0.717, 1.165) is 58.5 Å². The van der Waals surface area contributed by atoms with Crippen LogP contribution in [0.4, 0.5) is 0 Å². The van der Waals surface area contributed by atoms with E-state index in [9.17, 15) is 19.2 Å². The summed E-state index contributed by atoms with van der Waals surface area (Å²) < 4.78 is 0. The van der Waals surface area contributed by atoms with Crippen molar-refractivity contribution in [1.29, 1.82) is 0 Å². The van der Waals surface area contributed by atoms with Crippen LogP contribution in [0.15, 0.2) is 0 Å². The zero-order chi connectivity index (χ0) is 21.0. The van der Waals surface area contributed by atoms with Gasteiger partial charge in [0.05, 0.1) is 0 Å². The second-order valence-electron chi connectivity index (χ2n) is 8.72. The van der Waals surface area contributed by atoms with Crippen molar-refractivity contribution in [2.75, 3.05) is 52.4 Å². The fourth-order valence-corrected chi connectivity index (χ4v) is 4.43. The van der Waals surface area contributed by atoms with Gasteiger partial charge in [0.1, 0.15) is 0 Å². The summed E-state index contributed by atoms with van der Waals surface area (Å²) in [5.41, 5.74) is 0. The molecule has 29 heavy (non-hydrogen) atoms. The molecule has 3 rings (SSSR count). The van der Waals surface area contributed by atoms with Crippen LogP contribution in [-0.4, -0.2) is 95.6 Å². The Morgan fingerprint density at radius 3 is 1.55 bits per heavy atom. The summed E-state index contributed by atoms with van der Waals surface area (Å²) in [5.74, 6) is -0.412. The van der Waals surface area contributed by atoms with Crippen molar-refractivity contribution in [2.24, 2.45) is 11.8 Å². The molecule has 3 aliphatic heterocycles. The lowest BCUT2D eigenvalue weighted by Gasteiger charge is -2.35. The van der Waals surface area contributed by atoms with Crippen molar-refractivity contribution in [3.8, 4) is 0 Å². The van der Waals surface area contributed by atoms with E-state index in [0.29, 0.717) is 25.9 Å². The van der Waals surface area contributed by atoms with E-state index in [4.69, 9.17) is 0 Å². The van der Waals surface area contributed by atoms with E-state index in [1.54, 1.807) is 0 Å². The molecule has 0 aromatic carbocycles. The van der Waals surface area contributed by atoms with Gasteiger partial charge < -0.3 is 4.90 Å². The summed E-state index contributed by atoms with van der Waals surface area (Å²) in [6, 6.07) is 0. The molecular weight excluding hydrogens is 372 g/mol. The Morgan fingerprint density at radius 1 is 0.621 bits per heavy atom. The first-order chi connectivity index (χ1) is 13.9. The molecule has 3 aliphatic rings. The Bertz CT molecular complexity index is 642. The molecule has 0 saturated carbocycles. The van der Waals surface area contributed by atoms with Crippen LogP contribution in [0, 0.1) is 11.8 Å².